The molecule has 7 nitrogen and oxygen atoms in total. The quantitative estimate of drug-likeness (QED) is 0.378. The van der Waals surface area contributed by atoms with Gasteiger partial charge in [0.15, 0.2) is 5.75 Å². The van der Waals surface area contributed by atoms with Crippen molar-refractivity contribution in [2.75, 3.05) is 5.32 Å². The van der Waals surface area contributed by atoms with Crippen molar-refractivity contribution in [3.05, 3.63) is 30.3 Å². The minimum atomic E-state index is -4.57. The van der Waals surface area contributed by atoms with Crippen molar-refractivity contribution in [2.24, 2.45) is 0 Å². The molecular weight excluding hydrogens is 333 g/mol. The Labute approximate surface area is 155 Å². The molecule has 0 heterocycles. The van der Waals surface area contributed by atoms with E-state index in [1.165, 1.54) is 19.1 Å². The summed E-state index contributed by atoms with van der Waals surface area (Å²) in [6.45, 7) is 2.45. The molecule has 2 aromatic rings. The van der Waals surface area contributed by atoms with Crippen LogP contribution in [0.25, 0.3) is 10.8 Å². The molecule has 0 aromatic heterocycles. The molecule has 0 unspecified atom stereocenters. The summed E-state index contributed by atoms with van der Waals surface area (Å²) in [5, 5.41) is 3.34. The van der Waals surface area contributed by atoms with E-state index in [2.05, 4.69) is 5.32 Å². The number of ether oxygens (including phenoxy) is 1. The first kappa shape index (κ1) is 19.6. The van der Waals surface area contributed by atoms with E-state index in [-0.39, 0.29) is 46.6 Å². The van der Waals surface area contributed by atoms with Crippen LogP contribution in [0.15, 0.2) is 35.2 Å². The molecule has 0 aliphatic heterocycles. The molecule has 23 heavy (non-hydrogen) atoms. The molecule has 2 aromatic carbocycles. The number of hydrogen-bond acceptors (Lipinski definition) is 5. The van der Waals surface area contributed by atoms with Crippen molar-refractivity contribution in [1.82, 2.24) is 0 Å². The number of carbonyl (C=O) groups excluding carboxylic acids is 2. The zero-order chi connectivity index (χ0) is 16.5. The van der Waals surface area contributed by atoms with E-state index in [1.807, 2.05) is 0 Å². The molecule has 0 spiro atoms. The van der Waals surface area contributed by atoms with E-state index in [9.17, 15) is 22.6 Å². The van der Waals surface area contributed by atoms with Gasteiger partial charge in [-0.05, 0) is 12.1 Å². The number of nitrogens with one attached hydrogen (secondary N) is 1. The fraction of sp³-hybridized carbons (Fsp3) is 0.143. The van der Waals surface area contributed by atoms with Gasteiger partial charge in [0.2, 0.25) is 5.91 Å². The van der Waals surface area contributed by atoms with Crippen LogP contribution in [-0.4, -0.2) is 54.4 Å². The topological polar surface area (TPSA) is 110 Å². The van der Waals surface area contributed by atoms with Crippen LogP contribution in [0, 0.1) is 0 Å². The number of rotatable bonds is 3. The van der Waals surface area contributed by atoms with Gasteiger partial charge in [-0.15, -0.1) is 0 Å². The van der Waals surface area contributed by atoms with Gasteiger partial charge in [0, 0.05) is 59.9 Å². The van der Waals surface area contributed by atoms with E-state index in [4.69, 9.17) is 4.74 Å². The maximum atomic E-state index is 11.4. The molecule has 2 rings (SSSR count). The van der Waals surface area contributed by atoms with Crippen molar-refractivity contribution in [3.8, 4) is 5.75 Å². The first-order chi connectivity index (χ1) is 10.2. The van der Waals surface area contributed by atoms with Crippen LogP contribution >= 0.6 is 0 Å². The summed E-state index contributed by atoms with van der Waals surface area (Å²) in [5.41, 5.74) is 0.431. The normalized spacial score (nSPS) is 10.7. The summed E-state index contributed by atoms with van der Waals surface area (Å²) in [5.74, 6) is -1.32. The molecular formula is C14H13NNaO6S. The second kappa shape index (κ2) is 7.41. The van der Waals surface area contributed by atoms with Gasteiger partial charge in [0.1, 0.15) is 4.90 Å². The van der Waals surface area contributed by atoms with Gasteiger partial charge >= 0.3 is 5.97 Å². The molecule has 0 fully saturated rings. The molecule has 0 saturated carbocycles. The summed E-state index contributed by atoms with van der Waals surface area (Å²) < 4.78 is 37.1. The Hall–Kier alpha value is -1.45. The van der Waals surface area contributed by atoms with E-state index >= 15 is 0 Å². The average Bonchev–Trinajstić information content (AvgIpc) is 2.37. The molecule has 9 heteroatoms. The Morgan fingerprint density at radius 1 is 1.09 bits per heavy atom. The van der Waals surface area contributed by atoms with Crippen molar-refractivity contribution in [1.29, 1.82) is 0 Å². The van der Waals surface area contributed by atoms with Gasteiger partial charge in [-0.3, -0.25) is 14.1 Å². The fourth-order valence-corrected chi connectivity index (χ4v) is 2.69. The van der Waals surface area contributed by atoms with Crippen LogP contribution in [0.3, 0.4) is 0 Å². The van der Waals surface area contributed by atoms with Crippen LogP contribution in [0.1, 0.15) is 13.8 Å². The average molecular weight is 346 g/mol. The summed E-state index contributed by atoms with van der Waals surface area (Å²) in [6.07, 6.45) is 0. The number of esters is 1. The molecule has 1 amide bonds. The molecule has 2 N–H and O–H groups in total. The smallest absolute Gasteiger partial charge is 0.308 e. The monoisotopic (exact) mass is 346 g/mol. The first-order valence-corrected chi connectivity index (χ1v) is 7.63. The van der Waals surface area contributed by atoms with Crippen molar-refractivity contribution in [3.63, 3.8) is 0 Å². The van der Waals surface area contributed by atoms with Gasteiger partial charge in [0.05, 0.1) is 0 Å². The SMILES string of the molecule is CC(=O)Nc1cccc2c(OC(C)=O)c(S(=O)(=O)O)ccc12.[Na]. The van der Waals surface area contributed by atoms with Crippen LogP contribution in [0.2, 0.25) is 0 Å². The maximum absolute atomic E-state index is 11.4. The standard InChI is InChI=1S/C14H13NO6S.Na/c1-8(16)15-12-5-3-4-11-10(12)6-7-13(22(18,19)20)14(11)21-9(2)17;/h3-7H,1-2H3,(H,15,16)(H,18,19,20);. The molecule has 0 saturated heterocycles. The predicted octanol–water partition coefficient (Wildman–Crippen LogP) is 1.59. The number of amides is 1. The summed E-state index contributed by atoms with van der Waals surface area (Å²) in [6, 6.07) is 7.23. The zero-order valence-electron chi connectivity index (χ0n) is 12.8. The Morgan fingerprint density at radius 3 is 2.26 bits per heavy atom. The fourth-order valence-electron chi connectivity index (χ4n) is 2.06. The zero-order valence-corrected chi connectivity index (χ0v) is 15.6. The number of anilines is 1. The molecule has 0 atom stereocenters. The van der Waals surface area contributed by atoms with Crippen molar-refractivity contribution < 1.29 is 27.3 Å². The minimum Gasteiger partial charge on any atom is -0.425 e. The minimum absolute atomic E-state index is 0. The number of carbonyl (C=O) groups is 2. The van der Waals surface area contributed by atoms with Gasteiger partial charge in [-0.1, -0.05) is 18.2 Å². The van der Waals surface area contributed by atoms with Crippen LogP contribution in [0.4, 0.5) is 5.69 Å². The Morgan fingerprint density at radius 2 is 1.74 bits per heavy atom. The van der Waals surface area contributed by atoms with Crippen LogP contribution in [-0.2, 0) is 19.7 Å². The van der Waals surface area contributed by atoms with Crippen LogP contribution < -0.4 is 10.1 Å². The maximum Gasteiger partial charge on any atom is 0.308 e. The summed E-state index contributed by atoms with van der Waals surface area (Å²) in [7, 11) is -4.57. The molecule has 1 radical (unpaired) electrons. The predicted molar refractivity (Wildman–Crippen MR) is 85.1 cm³/mol. The van der Waals surface area contributed by atoms with Crippen molar-refractivity contribution in [2.45, 2.75) is 18.7 Å². The van der Waals surface area contributed by atoms with Crippen molar-refractivity contribution >= 4 is 68.0 Å². The second-order valence-electron chi connectivity index (χ2n) is 4.54. The van der Waals surface area contributed by atoms with E-state index in [0.717, 1.165) is 13.0 Å². The third kappa shape index (κ3) is 4.52. The second-order valence-corrected chi connectivity index (χ2v) is 5.93. The Balaban J connectivity index is 0.00000264. The molecule has 0 aliphatic carbocycles. The number of fused-ring (bicyclic) bond motifs is 1. The molecule has 117 valence electrons. The number of hydrogen-bond donors (Lipinski definition) is 2. The summed E-state index contributed by atoms with van der Waals surface area (Å²) >= 11 is 0. The number of benzene rings is 2. The van der Waals surface area contributed by atoms with Gasteiger partial charge in [0.25, 0.3) is 10.1 Å². The van der Waals surface area contributed by atoms with Gasteiger partial charge in [-0.2, -0.15) is 8.42 Å². The van der Waals surface area contributed by atoms with Gasteiger partial charge < -0.3 is 10.1 Å². The van der Waals surface area contributed by atoms with Gasteiger partial charge in [-0.25, -0.2) is 0 Å². The third-order valence-corrected chi connectivity index (χ3v) is 3.69. The Kier molecular flexibility index (Phi) is 6.32. The third-order valence-electron chi connectivity index (χ3n) is 2.81. The Bertz CT molecular complexity index is 878. The van der Waals surface area contributed by atoms with E-state index < -0.39 is 21.0 Å². The first-order valence-electron chi connectivity index (χ1n) is 6.19. The van der Waals surface area contributed by atoms with Crippen LogP contribution in [0.5, 0.6) is 5.75 Å². The largest absolute Gasteiger partial charge is 0.425 e. The van der Waals surface area contributed by atoms with E-state index in [1.54, 1.807) is 12.1 Å². The van der Waals surface area contributed by atoms with E-state index in [0.29, 0.717) is 11.1 Å². The molecule has 0 bridgehead atoms. The summed E-state index contributed by atoms with van der Waals surface area (Å²) in [4.78, 5) is 21.9. The molecule has 0 aliphatic rings.